The van der Waals surface area contributed by atoms with E-state index in [0.717, 1.165) is 6.07 Å². The lowest BCUT2D eigenvalue weighted by Gasteiger charge is -2.23. The molecule has 0 aliphatic rings. The van der Waals surface area contributed by atoms with Gasteiger partial charge in [-0.2, -0.15) is 0 Å². The molecule has 0 fully saturated rings. The van der Waals surface area contributed by atoms with Gasteiger partial charge in [-0.15, -0.1) is 13.2 Å². The van der Waals surface area contributed by atoms with Crippen LogP contribution < -0.4 is 15.8 Å². The number of anilines is 1. The Morgan fingerprint density at radius 1 is 1.27 bits per heavy atom. The van der Waals surface area contributed by atoms with Crippen molar-refractivity contribution < 1.29 is 23.0 Å². The summed E-state index contributed by atoms with van der Waals surface area (Å²) in [6.07, 6.45) is -3.81. The molecule has 8 heteroatoms. The molecule has 0 aliphatic heterocycles. The largest absolute Gasteiger partial charge is 0.573 e. The average molecular weight is 319 g/mol. The van der Waals surface area contributed by atoms with Gasteiger partial charge in [0.05, 0.1) is 17.8 Å². The van der Waals surface area contributed by atoms with Crippen LogP contribution in [-0.2, 0) is 0 Å². The van der Waals surface area contributed by atoms with Gasteiger partial charge in [-0.1, -0.05) is 26.0 Å². The Kier molecular flexibility index (Phi) is 6.04. The lowest BCUT2D eigenvalue weighted by molar-refractivity contribution is -0.274. The number of aliphatic hydroxyl groups is 1. The molecule has 22 heavy (non-hydrogen) atoms. The van der Waals surface area contributed by atoms with E-state index in [1.807, 2.05) is 13.8 Å². The summed E-state index contributed by atoms with van der Waals surface area (Å²) in [4.78, 5) is 3.97. The van der Waals surface area contributed by atoms with E-state index in [-0.39, 0.29) is 18.2 Å². The Bertz CT molecular complexity index is 514. The Morgan fingerprint density at radius 3 is 2.41 bits per heavy atom. The van der Waals surface area contributed by atoms with Crippen molar-refractivity contribution in [3.05, 3.63) is 24.3 Å². The minimum absolute atomic E-state index is 0.0395. The van der Waals surface area contributed by atoms with Crippen molar-refractivity contribution in [2.45, 2.75) is 38.7 Å². The molecule has 1 rings (SSSR count). The SMILES string of the molecule is CCC(O)(CC)CN=C(N)Nc1ccccc1OC(F)(F)F. The second-order valence-electron chi connectivity index (χ2n) is 4.80. The molecule has 1 aromatic rings. The van der Waals surface area contributed by atoms with Crippen LogP contribution in [0.3, 0.4) is 0 Å². The Morgan fingerprint density at radius 2 is 1.86 bits per heavy atom. The van der Waals surface area contributed by atoms with Crippen molar-refractivity contribution >= 4 is 11.6 Å². The van der Waals surface area contributed by atoms with E-state index in [0.29, 0.717) is 12.8 Å². The molecular weight excluding hydrogens is 299 g/mol. The number of hydrogen-bond donors (Lipinski definition) is 3. The molecule has 124 valence electrons. The quantitative estimate of drug-likeness (QED) is 0.556. The highest BCUT2D eigenvalue weighted by molar-refractivity contribution is 5.93. The lowest BCUT2D eigenvalue weighted by atomic mass is 9.98. The molecular formula is C14H20F3N3O2. The summed E-state index contributed by atoms with van der Waals surface area (Å²) in [5, 5.41) is 12.6. The van der Waals surface area contributed by atoms with Crippen molar-refractivity contribution in [1.82, 2.24) is 0 Å². The van der Waals surface area contributed by atoms with Crippen LogP contribution >= 0.6 is 0 Å². The first-order valence-corrected chi connectivity index (χ1v) is 6.83. The number of halogens is 3. The number of nitrogens with zero attached hydrogens (tertiary/aromatic N) is 1. The lowest BCUT2D eigenvalue weighted by Crippen LogP contribution is -2.33. The molecule has 0 aromatic heterocycles. The molecule has 0 atom stereocenters. The number of benzene rings is 1. The third-order valence-electron chi connectivity index (χ3n) is 3.24. The zero-order chi connectivity index (χ0) is 16.8. The number of aliphatic imine (C=N–C) groups is 1. The Labute approximate surface area is 127 Å². The fourth-order valence-electron chi connectivity index (χ4n) is 1.67. The van der Waals surface area contributed by atoms with Gasteiger partial charge in [0.1, 0.15) is 0 Å². The first-order valence-electron chi connectivity index (χ1n) is 6.83. The summed E-state index contributed by atoms with van der Waals surface area (Å²) in [7, 11) is 0. The van der Waals surface area contributed by atoms with E-state index in [2.05, 4.69) is 15.0 Å². The monoisotopic (exact) mass is 319 g/mol. The number of para-hydroxylation sites is 2. The maximum Gasteiger partial charge on any atom is 0.573 e. The number of ether oxygens (including phenoxy) is 1. The Hall–Kier alpha value is -1.96. The van der Waals surface area contributed by atoms with E-state index in [9.17, 15) is 18.3 Å². The predicted octanol–water partition coefficient (Wildman–Crippen LogP) is 2.86. The van der Waals surface area contributed by atoms with Gasteiger partial charge in [0.15, 0.2) is 11.7 Å². The molecule has 0 saturated carbocycles. The van der Waals surface area contributed by atoms with Crippen molar-refractivity contribution in [3.63, 3.8) is 0 Å². The standard InChI is InChI=1S/C14H20F3N3O2/c1-3-13(21,4-2)9-19-12(18)20-10-7-5-6-8-11(10)22-14(15,16)17/h5-8,21H,3-4,9H2,1-2H3,(H3,18,19,20). The van der Waals surface area contributed by atoms with E-state index in [1.165, 1.54) is 18.2 Å². The highest BCUT2D eigenvalue weighted by Gasteiger charge is 2.32. The number of rotatable bonds is 6. The smallest absolute Gasteiger partial charge is 0.404 e. The van der Waals surface area contributed by atoms with Crippen LogP contribution in [0.5, 0.6) is 5.75 Å². The van der Waals surface area contributed by atoms with Crippen molar-refractivity contribution in [3.8, 4) is 5.75 Å². The summed E-state index contributed by atoms with van der Waals surface area (Å²) in [6.45, 7) is 3.69. The third-order valence-corrected chi connectivity index (χ3v) is 3.24. The molecule has 5 nitrogen and oxygen atoms in total. The summed E-state index contributed by atoms with van der Waals surface area (Å²) in [6, 6.07) is 5.49. The van der Waals surface area contributed by atoms with Gasteiger partial charge < -0.3 is 20.9 Å². The molecule has 4 N–H and O–H groups in total. The summed E-state index contributed by atoms with van der Waals surface area (Å²) >= 11 is 0. The fraction of sp³-hybridized carbons (Fsp3) is 0.500. The normalized spacial score (nSPS) is 13.1. The van der Waals surface area contributed by atoms with E-state index < -0.39 is 17.7 Å². The Balaban J connectivity index is 2.82. The van der Waals surface area contributed by atoms with Gasteiger partial charge in [-0.25, -0.2) is 0 Å². The van der Waals surface area contributed by atoms with E-state index in [1.54, 1.807) is 0 Å². The van der Waals surface area contributed by atoms with Crippen LogP contribution in [0.25, 0.3) is 0 Å². The highest BCUT2D eigenvalue weighted by Crippen LogP contribution is 2.29. The number of nitrogens with one attached hydrogen (secondary N) is 1. The van der Waals surface area contributed by atoms with Crippen LogP contribution in [0.4, 0.5) is 18.9 Å². The molecule has 0 amide bonds. The first-order chi connectivity index (χ1) is 10.2. The molecule has 1 aromatic carbocycles. The van der Waals surface area contributed by atoms with Crippen LogP contribution in [0.15, 0.2) is 29.3 Å². The van der Waals surface area contributed by atoms with Crippen molar-refractivity contribution in [1.29, 1.82) is 0 Å². The number of hydrogen-bond acceptors (Lipinski definition) is 3. The minimum Gasteiger partial charge on any atom is -0.404 e. The van der Waals surface area contributed by atoms with Crippen molar-refractivity contribution in [2.24, 2.45) is 10.7 Å². The molecule has 0 spiro atoms. The number of guanidine groups is 1. The summed E-state index contributed by atoms with van der Waals surface area (Å²) in [5.41, 5.74) is 4.71. The molecule has 0 bridgehead atoms. The van der Waals surface area contributed by atoms with E-state index in [4.69, 9.17) is 5.73 Å². The van der Waals surface area contributed by atoms with Gasteiger partial charge in [0.25, 0.3) is 0 Å². The topological polar surface area (TPSA) is 79.9 Å². The van der Waals surface area contributed by atoms with Crippen LogP contribution in [0.2, 0.25) is 0 Å². The zero-order valence-electron chi connectivity index (χ0n) is 12.4. The average Bonchev–Trinajstić information content (AvgIpc) is 2.45. The van der Waals surface area contributed by atoms with Crippen LogP contribution in [0.1, 0.15) is 26.7 Å². The third kappa shape index (κ3) is 5.80. The van der Waals surface area contributed by atoms with E-state index >= 15 is 0 Å². The first kappa shape index (κ1) is 18.1. The minimum atomic E-state index is -4.80. The van der Waals surface area contributed by atoms with Gasteiger partial charge in [0, 0.05) is 0 Å². The van der Waals surface area contributed by atoms with Crippen LogP contribution in [0, 0.1) is 0 Å². The number of alkyl halides is 3. The van der Waals surface area contributed by atoms with Crippen molar-refractivity contribution in [2.75, 3.05) is 11.9 Å². The molecule has 0 heterocycles. The molecule has 0 aliphatic carbocycles. The number of nitrogens with two attached hydrogens (primary N) is 1. The fourth-order valence-corrected chi connectivity index (χ4v) is 1.67. The second-order valence-corrected chi connectivity index (χ2v) is 4.80. The zero-order valence-corrected chi connectivity index (χ0v) is 12.4. The highest BCUT2D eigenvalue weighted by atomic mass is 19.4. The molecule has 0 saturated heterocycles. The summed E-state index contributed by atoms with van der Waals surface area (Å²) in [5.74, 6) is -0.507. The molecule has 0 unspecified atom stereocenters. The van der Waals surface area contributed by atoms with Gasteiger partial charge in [0.2, 0.25) is 0 Å². The molecule has 0 radical (unpaired) electrons. The van der Waals surface area contributed by atoms with Gasteiger partial charge in [-0.05, 0) is 25.0 Å². The predicted molar refractivity (Wildman–Crippen MR) is 78.8 cm³/mol. The maximum atomic E-state index is 12.3. The maximum absolute atomic E-state index is 12.3. The van der Waals surface area contributed by atoms with Gasteiger partial charge >= 0.3 is 6.36 Å². The van der Waals surface area contributed by atoms with Gasteiger partial charge in [-0.3, -0.25) is 4.99 Å². The van der Waals surface area contributed by atoms with Crippen LogP contribution in [-0.4, -0.2) is 29.6 Å². The second kappa shape index (κ2) is 7.35. The summed E-state index contributed by atoms with van der Waals surface area (Å²) < 4.78 is 40.8.